The molecular formula is C17H10BrCl2N5O4. The topological polar surface area (TPSA) is 120 Å². The van der Waals surface area contributed by atoms with Crippen molar-refractivity contribution in [3.63, 3.8) is 0 Å². The third kappa shape index (κ3) is 4.00. The van der Waals surface area contributed by atoms with Crippen molar-refractivity contribution in [3.8, 4) is 5.82 Å². The molecule has 1 aromatic carbocycles. The van der Waals surface area contributed by atoms with Gasteiger partial charge in [-0.25, -0.2) is 9.67 Å². The number of amides is 1. The van der Waals surface area contributed by atoms with E-state index in [1.54, 1.807) is 12.1 Å². The summed E-state index contributed by atoms with van der Waals surface area (Å²) in [5.74, 6) is -0.479. The van der Waals surface area contributed by atoms with Crippen LogP contribution in [0.4, 0.5) is 11.4 Å². The lowest BCUT2D eigenvalue weighted by atomic mass is 10.1. The van der Waals surface area contributed by atoms with Gasteiger partial charge in [0.15, 0.2) is 12.1 Å². The second kappa shape index (κ2) is 8.27. The monoisotopic (exact) mass is 497 g/mol. The van der Waals surface area contributed by atoms with Crippen molar-refractivity contribution >= 4 is 62.7 Å². The number of nitrogens with one attached hydrogen (secondary N) is 1. The Labute approximate surface area is 181 Å². The van der Waals surface area contributed by atoms with Crippen LogP contribution in [0.25, 0.3) is 5.82 Å². The molecule has 0 fully saturated rings. The molecule has 0 bridgehead atoms. The molecule has 0 saturated heterocycles. The Bertz CT molecular complexity index is 1160. The molecule has 0 aliphatic heterocycles. The number of nitro benzene ring substituents is 1. The van der Waals surface area contributed by atoms with Gasteiger partial charge in [0, 0.05) is 17.8 Å². The number of carbonyl (C=O) groups is 2. The summed E-state index contributed by atoms with van der Waals surface area (Å²) >= 11 is 15.2. The number of carbonyl (C=O) groups excluding carboxylic acids is 2. The molecule has 2 heterocycles. The molecule has 0 radical (unpaired) electrons. The van der Waals surface area contributed by atoms with Gasteiger partial charge in [-0.05, 0) is 41.1 Å². The molecule has 12 heteroatoms. The highest BCUT2D eigenvalue weighted by molar-refractivity contribution is 9.10. The zero-order valence-electron chi connectivity index (χ0n) is 14.5. The Hall–Kier alpha value is -2.82. The van der Waals surface area contributed by atoms with Crippen molar-refractivity contribution in [1.82, 2.24) is 14.8 Å². The SMILES string of the molecule is Cc1c(NC(=O)c2cc(Br)nn2-c2ncccc2Cl)c(C=O)cc(Cl)c1[N+](=O)[O-]. The maximum atomic E-state index is 12.9. The van der Waals surface area contributed by atoms with E-state index in [1.807, 2.05) is 0 Å². The standard InChI is InChI=1S/C17H10BrCl2N5O4/c1-8-14(9(7-26)5-11(20)15(8)25(28)29)22-17(27)12-6-13(18)23-24(12)16-10(19)3-2-4-21-16/h2-7H,1H3,(H,22,27). The molecule has 0 saturated carbocycles. The fourth-order valence-corrected chi connectivity index (χ4v) is 3.57. The van der Waals surface area contributed by atoms with E-state index in [9.17, 15) is 19.7 Å². The van der Waals surface area contributed by atoms with E-state index in [2.05, 4.69) is 31.3 Å². The highest BCUT2D eigenvalue weighted by Crippen LogP contribution is 2.36. The lowest BCUT2D eigenvalue weighted by Crippen LogP contribution is -2.19. The number of hydrogen-bond donors (Lipinski definition) is 1. The van der Waals surface area contributed by atoms with Gasteiger partial charge in [0.1, 0.15) is 15.3 Å². The highest BCUT2D eigenvalue weighted by Gasteiger charge is 2.25. The minimum Gasteiger partial charge on any atom is -0.319 e. The number of aromatic nitrogens is 3. The number of pyridine rings is 1. The van der Waals surface area contributed by atoms with Crippen molar-refractivity contribution in [2.45, 2.75) is 6.92 Å². The molecule has 148 valence electrons. The average molecular weight is 499 g/mol. The maximum absolute atomic E-state index is 12.9. The van der Waals surface area contributed by atoms with Gasteiger partial charge in [-0.1, -0.05) is 23.2 Å². The van der Waals surface area contributed by atoms with Crippen molar-refractivity contribution in [1.29, 1.82) is 0 Å². The molecule has 2 aromatic heterocycles. The normalized spacial score (nSPS) is 10.6. The van der Waals surface area contributed by atoms with E-state index < -0.39 is 16.5 Å². The molecule has 3 aromatic rings. The molecule has 1 N–H and O–H groups in total. The lowest BCUT2D eigenvalue weighted by Gasteiger charge is -2.13. The molecule has 0 atom stereocenters. The maximum Gasteiger partial charge on any atom is 0.292 e. The summed E-state index contributed by atoms with van der Waals surface area (Å²) in [5.41, 5.74) is -0.371. The predicted molar refractivity (Wildman–Crippen MR) is 110 cm³/mol. The zero-order valence-corrected chi connectivity index (χ0v) is 17.6. The summed E-state index contributed by atoms with van der Waals surface area (Å²) in [6.45, 7) is 1.38. The van der Waals surface area contributed by atoms with Crippen LogP contribution >= 0.6 is 39.1 Å². The average Bonchev–Trinajstić information content (AvgIpc) is 3.05. The Morgan fingerprint density at radius 2 is 2.07 bits per heavy atom. The predicted octanol–water partition coefficient (Wildman–Crippen LogP) is 4.62. The lowest BCUT2D eigenvalue weighted by molar-refractivity contribution is -0.385. The number of hydrogen-bond acceptors (Lipinski definition) is 6. The molecule has 0 aliphatic carbocycles. The summed E-state index contributed by atoms with van der Waals surface area (Å²) < 4.78 is 1.54. The van der Waals surface area contributed by atoms with E-state index in [-0.39, 0.29) is 38.4 Å². The summed E-state index contributed by atoms with van der Waals surface area (Å²) in [6.07, 6.45) is 1.93. The van der Waals surface area contributed by atoms with E-state index in [1.165, 1.54) is 23.9 Å². The first kappa shape index (κ1) is 20.9. The van der Waals surface area contributed by atoms with E-state index in [0.29, 0.717) is 10.9 Å². The molecular weight excluding hydrogens is 489 g/mol. The Kier molecular flexibility index (Phi) is 5.96. The van der Waals surface area contributed by atoms with Crippen molar-refractivity contribution in [2.75, 3.05) is 5.32 Å². The van der Waals surface area contributed by atoms with Gasteiger partial charge < -0.3 is 5.32 Å². The molecule has 9 nitrogen and oxygen atoms in total. The summed E-state index contributed by atoms with van der Waals surface area (Å²) in [4.78, 5) is 39.1. The van der Waals surface area contributed by atoms with Gasteiger partial charge in [0.05, 0.1) is 21.2 Å². The highest BCUT2D eigenvalue weighted by atomic mass is 79.9. The van der Waals surface area contributed by atoms with Crippen LogP contribution < -0.4 is 5.32 Å². The summed E-state index contributed by atoms with van der Waals surface area (Å²) in [6, 6.07) is 5.74. The third-order valence-electron chi connectivity index (χ3n) is 3.93. The fraction of sp³-hybridized carbons (Fsp3) is 0.0588. The minimum atomic E-state index is -0.687. The number of benzene rings is 1. The Balaban J connectivity index is 2.09. The molecule has 29 heavy (non-hydrogen) atoms. The van der Waals surface area contributed by atoms with Crippen molar-refractivity contribution in [2.24, 2.45) is 0 Å². The van der Waals surface area contributed by atoms with Gasteiger partial charge in [-0.3, -0.25) is 19.7 Å². The van der Waals surface area contributed by atoms with E-state index >= 15 is 0 Å². The smallest absolute Gasteiger partial charge is 0.292 e. The van der Waals surface area contributed by atoms with Crippen LogP contribution in [0.5, 0.6) is 0 Å². The van der Waals surface area contributed by atoms with Gasteiger partial charge >= 0.3 is 0 Å². The fourth-order valence-electron chi connectivity index (χ4n) is 2.66. The third-order valence-corrected chi connectivity index (χ3v) is 4.90. The van der Waals surface area contributed by atoms with Crippen molar-refractivity contribution < 1.29 is 14.5 Å². The molecule has 3 rings (SSSR count). The van der Waals surface area contributed by atoms with Gasteiger partial charge in [0.2, 0.25) is 0 Å². The number of halogens is 3. The first-order chi connectivity index (χ1) is 13.7. The number of nitro groups is 1. The molecule has 0 spiro atoms. The first-order valence-electron chi connectivity index (χ1n) is 7.85. The number of rotatable bonds is 5. The van der Waals surface area contributed by atoms with Gasteiger partial charge in [0.25, 0.3) is 11.6 Å². The first-order valence-corrected chi connectivity index (χ1v) is 9.40. The van der Waals surface area contributed by atoms with Crippen LogP contribution in [-0.4, -0.2) is 31.9 Å². The molecule has 0 aliphatic rings. The van der Waals surface area contributed by atoms with Crippen LogP contribution in [0.15, 0.2) is 35.1 Å². The zero-order chi connectivity index (χ0) is 21.3. The van der Waals surface area contributed by atoms with E-state index in [4.69, 9.17) is 23.2 Å². The molecule has 0 unspecified atom stereocenters. The Morgan fingerprint density at radius 1 is 1.34 bits per heavy atom. The largest absolute Gasteiger partial charge is 0.319 e. The summed E-state index contributed by atoms with van der Waals surface area (Å²) in [5, 5.41) is 18.0. The molecule has 1 amide bonds. The van der Waals surface area contributed by atoms with E-state index in [0.717, 1.165) is 6.07 Å². The minimum absolute atomic E-state index is 0.00699. The second-order valence-corrected chi connectivity index (χ2v) is 7.33. The number of nitrogens with zero attached hydrogens (tertiary/aromatic N) is 4. The van der Waals surface area contributed by atoms with Crippen LogP contribution in [0.2, 0.25) is 10.0 Å². The van der Waals surface area contributed by atoms with Gasteiger partial charge in [-0.15, -0.1) is 0 Å². The van der Waals surface area contributed by atoms with Crippen LogP contribution in [0.1, 0.15) is 26.4 Å². The summed E-state index contributed by atoms with van der Waals surface area (Å²) in [7, 11) is 0. The van der Waals surface area contributed by atoms with Crippen molar-refractivity contribution in [3.05, 3.63) is 72.0 Å². The van der Waals surface area contributed by atoms with Gasteiger partial charge in [-0.2, -0.15) is 5.10 Å². The van der Waals surface area contributed by atoms with Crippen LogP contribution in [-0.2, 0) is 0 Å². The van der Waals surface area contributed by atoms with Crippen LogP contribution in [0.3, 0.4) is 0 Å². The van der Waals surface area contributed by atoms with Crippen LogP contribution in [0, 0.1) is 17.0 Å². The Morgan fingerprint density at radius 3 is 2.69 bits per heavy atom. The quantitative estimate of drug-likeness (QED) is 0.311. The number of anilines is 1. The number of aldehydes is 1. The second-order valence-electron chi connectivity index (χ2n) is 5.70.